The first kappa shape index (κ1) is 14.3. The highest BCUT2D eigenvalue weighted by atomic mass is 16.6. The van der Waals surface area contributed by atoms with Crippen molar-refractivity contribution in [1.29, 1.82) is 0 Å². The van der Waals surface area contributed by atoms with Gasteiger partial charge in [-0.3, -0.25) is 4.79 Å². The maximum absolute atomic E-state index is 11.7. The minimum atomic E-state index is -0.587. The average Bonchev–Trinajstić information content (AvgIpc) is 2.62. The van der Waals surface area contributed by atoms with Gasteiger partial charge in [-0.15, -0.1) is 0 Å². The van der Waals surface area contributed by atoms with E-state index in [9.17, 15) is 15.0 Å². The number of ether oxygens (including phenoxy) is 1. The molecule has 0 aromatic heterocycles. The van der Waals surface area contributed by atoms with Crippen LogP contribution in [0, 0.1) is 11.8 Å². The van der Waals surface area contributed by atoms with Gasteiger partial charge >= 0.3 is 5.97 Å². The third-order valence-corrected chi connectivity index (χ3v) is 4.33. The van der Waals surface area contributed by atoms with E-state index in [1.807, 2.05) is 32.9 Å². The molecule has 1 fully saturated rings. The van der Waals surface area contributed by atoms with E-state index in [2.05, 4.69) is 0 Å². The van der Waals surface area contributed by atoms with Crippen molar-refractivity contribution >= 4 is 5.97 Å². The summed E-state index contributed by atoms with van der Waals surface area (Å²) in [5.41, 5.74) is 1.66. The van der Waals surface area contributed by atoms with E-state index >= 15 is 0 Å². The number of hydrogen-bond donors (Lipinski definition) is 2. The maximum atomic E-state index is 11.7. The second kappa shape index (κ2) is 5.47. The summed E-state index contributed by atoms with van der Waals surface area (Å²) in [6.07, 6.45) is 3.19. The van der Waals surface area contributed by atoms with Gasteiger partial charge in [-0.2, -0.15) is 0 Å². The summed E-state index contributed by atoms with van der Waals surface area (Å²) in [7, 11) is 0. The molecule has 2 aliphatic rings. The van der Waals surface area contributed by atoms with Crippen molar-refractivity contribution in [3.63, 3.8) is 0 Å². The largest absolute Gasteiger partial charge is 0.458 e. The lowest BCUT2D eigenvalue weighted by molar-refractivity contribution is -0.142. The fourth-order valence-corrected chi connectivity index (χ4v) is 2.72. The van der Waals surface area contributed by atoms with Crippen LogP contribution in [0.5, 0.6) is 0 Å². The zero-order valence-corrected chi connectivity index (χ0v) is 11.7. The molecule has 0 bridgehead atoms. The van der Waals surface area contributed by atoms with Crippen molar-refractivity contribution in [3.05, 3.63) is 23.3 Å². The third kappa shape index (κ3) is 2.90. The predicted molar refractivity (Wildman–Crippen MR) is 71.3 cm³/mol. The Morgan fingerprint density at radius 1 is 1.21 bits per heavy atom. The first-order valence-electron chi connectivity index (χ1n) is 6.81. The lowest BCUT2D eigenvalue weighted by Gasteiger charge is -2.24. The SMILES string of the molecule is C/C1=C\[C@H]2OC(=O)[C@@H](C)[C@@H]2C[C@H](O)/C(C)=C/C[C@@H]1O. The van der Waals surface area contributed by atoms with Crippen LogP contribution in [0.1, 0.15) is 33.6 Å². The van der Waals surface area contributed by atoms with E-state index in [0.29, 0.717) is 12.8 Å². The quantitative estimate of drug-likeness (QED) is 0.516. The molecule has 4 heteroatoms. The van der Waals surface area contributed by atoms with E-state index in [1.165, 1.54) is 0 Å². The Morgan fingerprint density at radius 2 is 1.89 bits per heavy atom. The second-order valence-electron chi connectivity index (χ2n) is 5.72. The lowest BCUT2D eigenvalue weighted by Crippen LogP contribution is -2.26. The van der Waals surface area contributed by atoms with Gasteiger partial charge in [-0.05, 0) is 43.9 Å². The van der Waals surface area contributed by atoms with Gasteiger partial charge in [0.05, 0.1) is 18.1 Å². The Balaban J connectivity index is 2.33. The number of hydrogen-bond acceptors (Lipinski definition) is 4. The molecule has 106 valence electrons. The van der Waals surface area contributed by atoms with Crippen LogP contribution >= 0.6 is 0 Å². The van der Waals surface area contributed by atoms with Crippen molar-refractivity contribution in [2.45, 2.75) is 51.9 Å². The van der Waals surface area contributed by atoms with Crippen LogP contribution in [0.3, 0.4) is 0 Å². The van der Waals surface area contributed by atoms with Crippen LogP contribution in [0.15, 0.2) is 23.3 Å². The number of fused-ring (bicyclic) bond motifs is 1. The first-order chi connectivity index (χ1) is 8.90. The van der Waals surface area contributed by atoms with Gasteiger partial charge in [0.1, 0.15) is 6.10 Å². The molecule has 1 heterocycles. The van der Waals surface area contributed by atoms with Crippen molar-refractivity contribution in [2.75, 3.05) is 0 Å². The predicted octanol–water partition coefficient (Wildman–Crippen LogP) is 1.57. The number of esters is 1. The highest BCUT2D eigenvalue weighted by Gasteiger charge is 2.42. The summed E-state index contributed by atoms with van der Waals surface area (Å²) in [5, 5.41) is 20.2. The Labute approximate surface area is 113 Å². The molecular formula is C15H22O4. The lowest BCUT2D eigenvalue weighted by atomic mass is 9.83. The standard InChI is InChI=1S/C15H22O4/c1-8-4-5-12(16)9(2)6-14-11(7-13(8)17)10(3)15(18)19-14/h4,6,10-14,16-17H,5,7H2,1-3H3/b8-4+,9-6+/t10-,11-,12-,13-,14+/m0/s1. The van der Waals surface area contributed by atoms with Crippen molar-refractivity contribution in [1.82, 2.24) is 0 Å². The number of rotatable bonds is 0. The van der Waals surface area contributed by atoms with Crippen LogP contribution in [-0.4, -0.2) is 34.5 Å². The molecule has 0 radical (unpaired) electrons. The zero-order chi connectivity index (χ0) is 14.2. The molecule has 5 atom stereocenters. The highest BCUT2D eigenvalue weighted by Crippen LogP contribution is 2.35. The minimum absolute atomic E-state index is 0.0360. The highest BCUT2D eigenvalue weighted by molar-refractivity contribution is 5.75. The molecule has 2 N–H and O–H groups in total. The molecular weight excluding hydrogens is 244 g/mol. The van der Waals surface area contributed by atoms with Crippen molar-refractivity contribution < 1.29 is 19.7 Å². The van der Waals surface area contributed by atoms with Gasteiger partial charge in [-0.1, -0.05) is 13.0 Å². The van der Waals surface area contributed by atoms with E-state index in [-0.39, 0.29) is 23.9 Å². The monoisotopic (exact) mass is 266 g/mol. The fraction of sp³-hybridized carbons (Fsp3) is 0.667. The molecule has 1 aliphatic carbocycles. The van der Waals surface area contributed by atoms with Crippen LogP contribution in [0.4, 0.5) is 0 Å². The number of carbonyl (C=O) groups excluding carboxylic acids is 1. The van der Waals surface area contributed by atoms with Crippen LogP contribution in [0.2, 0.25) is 0 Å². The molecule has 2 rings (SSSR count). The van der Waals surface area contributed by atoms with Gasteiger partial charge in [0.2, 0.25) is 0 Å². The average molecular weight is 266 g/mol. The summed E-state index contributed by atoms with van der Waals surface area (Å²) >= 11 is 0. The van der Waals surface area contributed by atoms with Crippen molar-refractivity contribution in [3.8, 4) is 0 Å². The van der Waals surface area contributed by atoms with E-state index in [0.717, 1.165) is 11.1 Å². The molecule has 1 aliphatic heterocycles. The normalized spacial score (nSPS) is 45.5. The summed E-state index contributed by atoms with van der Waals surface area (Å²) in [5.74, 6) is -0.471. The minimum Gasteiger partial charge on any atom is -0.458 e. The molecule has 0 saturated carbocycles. The maximum Gasteiger partial charge on any atom is 0.309 e. The number of aliphatic hydroxyl groups is 2. The molecule has 0 aromatic rings. The molecule has 19 heavy (non-hydrogen) atoms. The van der Waals surface area contributed by atoms with E-state index in [4.69, 9.17) is 4.74 Å². The summed E-state index contributed by atoms with van der Waals surface area (Å²) < 4.78 is 5.35. The van der Waals surface area contributed by atoms with Gasteiger partial charge < -0.3 is 14.9 Å². The molecule has 1 saturated heterocycles. The van der Waals surface area contributed by atoms with E-state index in [1.54, 1.807) is 0 Å². The first-order valence-corrected chi connectivity index (χ1v) is 6.81. The van der Waals surface area contributed by atoms with E-state index < -0.39 is 12.2 Å². The van der Waals surface area contributed by atoms with Crippen LogP contribution in [0.25, 0.3) is 0 Å². The summed E-state index contributed by atoms with van der Waals surface area (Å²) in [6, 6.07) is 0. The second-order valence-corrected chi connectivity index (χ2v) is 5.72. The number of carbonyl (C=O) groups is 1. The number of aliphatic hydroxyl groups excluding tert-OH is 2. The molecule has 0 aromatic carbocycles. The topological polar surface area (TPSA) is 66.8 Å². The van der Waals surface area contributed by atoms with Gasteiger partial charge in [0, 0.05) is 5.92 Å². The van der Waals surface area contributed by atoms with Gasteiger partial charge in [-0.25, -0.2) is 0 Å². The van der Waals surface area contributed by atoms with Crippen molar-refractivity contribution in [2.24, 2.45) is 11.8 Å². The Kier molecular flexibility index (Phi) is 4.11. The smallest absolute Gasteiger partial charge is 0.309 e. The molecule has 0 amide bonds. The van der Waals surface area contributed by atoms with Crippen LogP contribution < -0.4 is 0 Å². The Morgan fingerprint density at radius 3 is 2.58 bits per heavy atom. The zero-order valence-electron chi connectivity index (χ0n) is 11.7. The third-order valence-electron chi connectivity index (χ3n) is 4.33. The van der Waals surface area contributed by atoms with Gasteiger partial charge in [0.25, 0.3) is 0 Å². The Bertz CT molecular complexity index is 424. The van der Waals surface area contributed by atoms with Crippen LogP contribution in [-0.2, 0) is 9.53 Å². The molecule has 0 unspecified atom stereocenters. The Hall–Kier alpha value is -1.13. The molecule has 4 nitrogen and oxygen atoms in total. The summed E-state index contributed by atoms with van der Waals surface area (Å²) in [6.45, 7) is 5.54. The summed E-state index contributed by atoms with van der Waals surface area (Å²) in [4.78, 5) is 11.7. The van der Waals surface area contributed by atoms with Gasteiger partial charge in [0.15, 0.2) is 0 Å². The molecule has 0 spiro atoms. The fourth-order valence-electron chi connectivity index (χ4n) is 2.72.